The van der Waals surface area contributed by atoms with Gasteiger partial charge in [-0.3, -0.25) is 4.79 Å². The number of halogens is 2. The van der Waals surface area contributed by atoms with Gasteiger partial charge in [-0.1, -0.05) is 31.5 Å². The van der Waals surface area contributed by atoms with Crippen molar-refractivity contribution in [3.05, 3.63) is 49.5 Å². The Morgan fingerprint density at radius 2 is 1.95 bits per heavy atom. The molecule has 1 heterocycles. The van der Waals surface area contributed by atoms with Crippen LogP contribution in [0.3, 0.4) is 0 Å². The lowest BCUT2D eigenvalue weighted by Crippen LogP contribution is -2.31. The maximum atomic E-state index is 12.7. The number of unbranched alkanes of at least 4 members (excludes halogenated alkanes) is 1. The largest absolute Gasteiger partial charge is 0.308 e. The Balaban J connectivity index is 2.28. The summed E-state index contributed by atoms with van der Waals surface area (Å²) in [5.41, 5.74) is 0.951. The van der Waals surface area contributed by atoms with Crippen molar-refractivity contribution in [2.45, 2.75) is 19.8 Å². The standard InChI is InChI=1S/C15H15Br2NOS/c1-2-3-9-18(11-7-5-4-6-8-11)15(19)13-10-12(16)14(17)20-13/h4-8,10H,2-3,9H2,1H3. The van der Waals surface area contributed by atoms with Gasteiger partial charge < -0.3 is 4.90 Å². The van der Waals surface area contributed by atoms with Crippen molar-refractivity contribution in [3.8, 4) is 0 Å². The van der Waals surface area contributed by atoms with Crippen LogP contribution < -0.4 is 4.90 Å². The number of benzene rings is 1. The summed E-state index contributed by atoms with van der Waals surface area (Å²) in [5.74, 6) is 0.0565. The van der Waals surface area contributed by atoms with Crippen molar-refractivity contribution < 1.29 is 4.79 Å². The molecule has 0 bridgehead atoms. The number of carbonyl (C=O) groups excluding carboxylic acids is 1. The first kappa shape index (κ1) is 15.7. The molecule has 0 saturated heterocycles. The van der Waals surface area contributed by atoms with E-state index in [2.05, 4.69) is 38.8 Å². The van der Waals surface area contributed by atoms with E-state index in [1.54, 1.807) is 0 Å². The highest BCUT2D eigenvalue weighted by molar-refractivity contribution is 9.13. The smallest absolute Gasteiger partial charge is 0.268 e. The molecule has 0 saturated carbocycles. The van der Waals surface area contributed by atoms with Crippen LogP contribution in [0.25, 0.3) is 0 Å². The lowest BCUT2D eigenvalue weighted by molar-refractivity contribution is 0.0990. The number of nitrogens with zero attached hydrogens (tertiary/aromatic N) is 1. The minimum atomic E-state index is 0.0565. The third-order valence-corrected chi connectivity index (χ3v) is 6.15. The first-order valence-corrected chi connectivity index (χ1v) is 8.85. The van der Waals surface area contributed by atoms with Crippen LogP contribution in [0.4, 0.5) is 5.69 Å². The lowest BCUT2D eigenvalue weighted by atomic mass is 10.2. The lowest BCUT2D eigenvalue weighted by Gasteiger charge is -2.22. The van der Waals surface area contributed by atoms with Crippen LogP contribution in [-0.4, -0.2) is 12.5 Å². The second-order valence-electron chi connectivity index (χ2n) is 4.38. The number of carbonyl (C=O) groups is 1. The van der Waals surface area contributed by atoms with E-state index in [1.807, 2.05) is 41.3 Å². The summed E-state index contributed by atoms with van der Waals surface area (Å²) in [5, 5.41) is 0. The molecular formula is C15H15Br2NOS. The van der Waals surface area contributed by atoms with E-state index in [0.29, 0.717) is 0 Å². The number of anilines is 1. The summed E-state index contributed by atoms with van der Waals surface area (Å²) < 4.78 is 1.87. The van der Waals surface area contributed by atoms with Gasteiger partial charge in [-0.05, 0) is 56.5 Å². The molecule has 0 atom stereocenters. The zero-order valence-corrected chi connectivity index (χ0v) is 15.1. The molecule has 2 nitrogen and oxygen atoms in total. The minimum absolute atomic E-state index is 0.0565. The van der Waals surface area contributed by atoms with Crippen molar-refractivity contribution in [1.82, 2.24) is 0 Å². The predicted molar refractivity (Wildman–Crippen MR) is 92.7 cm³/mol. The molecule has 20 heavy (non-hydrogen) atoms. The van der Waals surface area contributed by atoms with Gasteiger partial charge in [0, 0.05) is 16.7 Å². The second-order valence-corrected chi connectivity index (χ2v) is 7.60. The predicted octanol–water partition coefficient (Wildman–Crippen LogP) is 5.72. The molecule has 1 aromatic carbocycles. The Bertz CT molecular complexity index is 563. The molecule has 1 aromatic heterocycles. The number of hydrogen-bond acceptors (Lipinski definition) is 2. The van der Waals surface area contributed by atoms with Crippen LogP contribution in [0.15, 0.2) is 44.7 Å². The van der Waals surface area contributed by atoms with Crippen molar-refractivity contribution in [2.75, 3.05) is 11.4 Å². The Morgan fingerprint density at radius 3 is 2.50 bits per heavy atom. The molecule has 0 spiro atoms. The van der Waals surface area contributed by atoms with Gasteiger partial charge in [-0.25, -0.2) is 0 Å². The Labute approximate surface area is 140 Å². The SMILES string of the molecule is CCCCN(C(=O)c1cc(Br)c(Br)s1)c1ccccc1. The summed E-state index contributed by atoms with van der Waals surface area (Å²) in [6.45, 7) is 2.87. The van der Waals surface area contributed by atoms with Gasteiger partial charge in [0.15, 0.2) is 0 Å². The number of rotatable bonds is 5. The van der Waals surface area contributed by atoms with Crippen molar-refractivity contribution >= 4 is 54.8 Å². The van der Waals surface area contributed by atoms with E-state index in [1.165, 1.54) is 11.3 Å². The molecular weight excluding hydrogens is 402 g/mol. The van der Waals surface area contributed by atoms with Crippen molar-refractivity contribution in [2.24, 2.45) is 0 Å². The summed E-state index contributed by atoms with van der Waals surface area (Å²) in [6.07, 6.45) is 2.06. The molecule has 0 fully saturated rings. The molecule has 0 aliphatic rings. The Morgan fingerprint density at radius 1 is 1.25 bits per heavy atom. The third-order valence-electron chi connectivity index (χ3n) is 2.90. The molecule has 1 amide bonds. The van der Waals surface area contributed by atoms with E-state index in [0.717, 1.165) is 38.2 Å². The van der Waals surface area contributed by atoms with Crippen LogP contribution in [0, 0.1) is 0 Å². The van der Waals surface area contributed by atoms with Gasteiger partial charge in [0.05, 0.1) is 8.66 Å². The summed E-state index contributed by atoms with van der Waals surface area (Å²) in [6, 6.07) is 11.7. The molecule has 0 N–H and O–H groups in total. The van der Waals surface area contributed by atoms with Gasteiger partial charge in [-0.2, -0.15) is 0 Å². The van der Waals surface area contributed by atoms with E-state index < -0.39 is 0 Å². The van der Waals surface area contributed by atoms with Crippen LogP contribution in [0.5, 0.6) is 0 Å². The fraction of sp³-hybridized carbons (Fsp3) is 0.267. The van der Waals surface area contributed by atoms with Gasteiger partial charge in [0.25, 0.3) is 5.91 Å². The van der Waals surface area contributed by atoms with Crippen molar-refractivity contribution in [3.63, 3.8) is 0 Å². The maximum Gasteiger partial charge on any atom is 0.268 e. The van der Waals surface area contributed by atoms with Crippen LogP contribution >= 0.6 is 43.2 Å². The van der Waals surface area contributed by atoms with Gasteiger partial charge in [0.2, 0.25) is 0 Å². The van der Waals surface area contributed by atoms with Gasteiger partial charge in [0.1, 0.15) is 0 Å². The number of thiophene rings is 1. The topological polar surface area (TPSA) is 20.3 Å². The second kappa shape index (κ2) is 7.38. The quantitative estimate of drug-likeness (QED) is 0.610. The highest BCUT2D eigenvalue weighted by Gasteiger charge is 2.20. The van der Waals surface area contributed by atoms with E-state index in [-0.39, 0.29) is 5.91 Å². The molecule has 0 aliphatic carbocycles. The van der Waals surface area contributed by atoms with Crippen LogP contribution in [0.2, 0.25) is 0 Å². The van der Waals surface area contributed by atoms with Crippen molar-refractivity contribution in [1.29, 1.82) is 0 Å². The summed E-state index contributed by atoms with van der Waals surface area (Å²) in [4.78, 5) is 15.3. The third kappa shape index (κ3) is 3.71. The maximum absolute atomic E-state index is 12.7. The molecule has 2 aromatic rings. The first-order valence-electron chi connectivity index (χ1n) is 6.45. The van der Waals surface area contributed by atoms with E-state index in [4.69, 9.17) is 0 Å². The molecule has 2 rings (SSSR count). The number of amides is 1. The fourth-order valence-electron chi connectivity index (χ4n) is 1.86. The number of para-hydroxylation sites is 1. The summed E-state index contributed by atoms with van der Waals surface area (Å²) >= 11 is 8.34. The monoisotopic (exact) mass is 415 g/mol. The first-order chi connectivity index (χ1) is 9.63. The van der Waals surface area contributed by atoms with Gasteiger partial charge in [-0.15, -0.1) is 11.3 Å². The average molecular weight is 417 g/mol. The minimum Gasteiger partial charge on any atom is -0.308 e. The zero-order chi connectivity index (χ0) is 14.5. The molecule has 5 heteroatoms. The van der Waals surface area contributed by atoms with Crippen LogP contribution in [0.1, 0.15) is 29.4 Å². The Hall–Kier alpha value is -0.650. The fourth-order valence-corrected chi connectivity index (χ4v) is 3.84. The normalized spacial score (nSPS) is 10.6. The van der Waals surface area contributed by atoms with E-state index >= 15 is 0 Å². The van der Waals surface area contributed by atoms with Crippen LogP contribution in [-0.2, 0) is 0 Å². The highest BCUT2D eigenvalue weighted by Crippen LogP contribution is 2.33. The molecule has 0 unspecified atom stereocenters. The summed E-state index contributed by atoms with van der Waals surface area (Å²) in [7, 11) is 0. The average Bonchev–Trinajstić information content (AvgIpc) is 2.80. The van der Waals surface area contributed by atoms with E-state index in [9.17, 15) is 4.79 Å². The Kier molecular flexibility index (Phi) is 5.81. The highest BCUT2D eigenvalue weighted by atomic mass is 79.9. The van der Waals surface area contributed by atoms with Gasteiger partial charge >= 0.3 is 0 Å². The molecule has 0 radical (unpaired) electrons. The zero-order valence-electron chi connectivity index (χ0n) is 11.1. The number of hydrogen-bond donors (Lipinski definition) is 0. The molecule has 0 aliphatic heterocycles. The molecule has 106 valence electrons.